The summed E-state index contributed by atoms with van der Waals surface area (Å²) in [7, 11) is 0. The van der Waals surface area contributed by atoms with Crippen LogP contribution in [0.15, 0.2) is 0 Å². The highest BCUT2D eigenvalue weighted by Gasteiger charge is 2.35. The first-order valence-corrected chi connectivity index (χ1v) is 5.78. The normalized spacial score (nSPS) is 43.3. The Balaban J connectivity index is 1.78. The second kappa shape index (κ2) is 4.17. The fourth-order valence-electron chi connectivity index (χ4n) is 2.85. The van der Waals surface area contributed by atoms with Crippen LogP contribution in [-0.4, -0.2) is 36.9 Å². The predicted octanol–water partition coefficient (Wildman–Crippen LogP) is 0.346. The van der Waals surface area contributed by atoms with Gasteiger partial charge >= 0.3 is 0 Å². The van der Waals surface area contributed by atoms with Gasteiger partial charge in [0, 0.05) is 5.54 Å². The monoisotopic (exact) mass is 198 g/mol. The molecule has 2 heterocycles. The van der Waals surface area contributed by atoms with Gasteiger partial charge < -0.3 is 15.7 Å². The van der Waals surface area contributed by atoms with Crippen LogP contribution in [0, 0.1) is 11.8 Å². The van der Waals surface area contributed by atoms with Crippen LogP contribution in [0.3, 0.4) is 0 Å². The smallest absolute Gasteiger partial charge is 0.0610 e. The molecule has 2 saturated heterocycles. The summed E-state index contributed by atoms with van der Waals surface area (Å²) in [5.74, 6) is 1.65. The molecule has 3 nitrogen and oxygen atoms in total. The van der Waals surface area contributed by atoms with Gasteiger partial charge in [-0.15, -0.1) is 0 Å². The van der Waals surface area contributed by atoms with Crippen LogP contribution >= 0.6 is 0 Å². The Hall–Kier alpha value is -0.120. The average molecular weight is 198 g/mol. The maximum Gasteiger partial charge on any atom is 0.0610 e. The molecule has 82 valence electrons. The molecule has 0 aliphatic carbocycles. The standard InChI is InChI=1S/C11H22N2O/c1-11(8-14)5-10(7-13-11)4-9-2-3-12-6-9/h9-10,12-14H,2-8H2,1H3. The van der Waals surface area contributed by atoms with Crippen molar-refractivity contribution in [3.8, 4) is 0 Å². The van der Waals surface area contributed by atoms with Crippen molar-refractivity contribution in [2.75, 3.05) is 26.2 Å². The molecule has 3 heteroatoms. The molecule has 0 radical (unpaired) electrons. The number of rotatable bonds is 3. The van der Waals surface area contributed by atoms with Crippen molar-refractivity contribution in [2.45, 2.75) is 31.7 Å². The molecule has 0 aromatic rings. The molecule has 3 N–H and O–H groups in total. The molecule has 14 heavy (non-hydrogen) atoms. The lowest BCUT2D eigenvalue weighted by molar-refractivity contribution is 0.187. The fourth-order valence-corrected chi connectivity index (χ4v) is 2.85. The first-order valence-electron chi connectivity index (χ1n) is 5.78. The minimum Gasteiger partial charge on any atom is -0.394 e. The Kier molecular flexibility index (Phi) is 3.10. The van der Waals surface area contributed by atoms with E-state index in [0.717, 1.165) is 24.8 Å². The largest absolute Gasteiger partial charge is 0.394 e. The zero-order valence-corrected chi connectivity index (χ0v) is 9.05. The molecule has 2 fully saturated rings. The minimum atomic E-state index is -0.00327. The summed E-state index contributed by atoms with van der Waals surface area (Å²) in [5, 5.41) is 16.1. The van der Waals surface area contributed by atoms with E-state index < -0.39 is 0 Å². The van der Waals surface area contributed by atoms with E-state index in [9.17, 15) is 5.11 Å². The summed E-state index contributed by atoms with van der Waals surface area (Å²) in [4.78, 5) is 0. The second-order valence-corrected chi connectivity index (χ2v) is 5.26. The van der Waals surface area contributed by atoms with E-state index in [2.05, 4.69) is 17.6 Å². The van der Waals surface area contributed by atoms with Gasteiger partial charge in [0.05, 0.1) is 6.61 Å². The lowest BCUT2D eigenvalue weighted by Crippen LogP contribution is -2.39. The molecule has 0 aromatic heterocycles. The molecule has 2 aliphatic rings. The molecular weight excluding hydrogens is 176 g/mol. The Morgan fingerprint density at radius 1 is 1.36 bits per heavy atom. The Bertz CT molecular complexity index is 192. The van der Waals surface area contributed by atoms with Gasteiger partial charge in [0.2, 0.25) is 0 Å². The predicted molar refractivity (Wildman–Crippen MR) is 57.2 cm³/mol. The zero-order valence-electron chi connectivity index (χ0n) is 9.05. The highest BCUT2D eigenvalue weighted by atomic mass is 16.3. The minimum absolute atomic E-state index is 0.00327. The van der Waals surface area contributed by atoms with Gasteiger partial charge in [-0.3, -0.25) is 0 Å². The summed E-state index contributed by atoms with van der Waals surface area (Å²) in [6.45, 7) is 5.88. The lowest BCUT2D eigenvalue weighted by atomic mass is 9.88. The van der Waals surface area contributed by atoms with E-state index in [-0.39, 0.29) is 12.1 Å². The van der Waals surface area contributed by atoms with E-state index in [1.807, 2.05) is 0 Å². The van der Waals surface area contributed by atoms with Gasteiger partial charge in [-0.05, 0) is 57.7 Å². The third-order valence-corrected chi connectivity index (χ3v) is 3.73. The van der Waals surface area contributed by atoms with E-state index in [1.165, 1.54) is 25.9 Å². The number of nitrogens with one attached hydrogen (secondary N) is 2. The van der Waals surface area contributed by atoms with Crippen molar-refractivity contribution >= 4 is 0 Å². The zero-order chi connectivity index (χ0) is 10.0. The quantitative estimate of drug-likeness (QED) is 0.613. The maximum atomic E-state index is 9.23. The van der Waals surface area contributed by atoms with Crippen LogP contribution in [-0.2, 0) is 0 Å². The van der Waals surface area contributed by atoms with Gasteiger partial charge in [-0.2, -0.15) is 0 Å². The summed E-state index contributed by atoms with van der Waals surface area (Å²) in [5.41, 5.74) is -0.00327. The third-order valence-electron chi connectivity index (χ3n) is 3.73. The molecule has 2 aliphatic heterocycles. The number of aliphatic hydroxyl groups excluding tert-OH is 1. The van der Waals surface area contributed by atoms with Crippen LogP contribution in [0.4, 0.5) is 0 Å². The van der Waals surface area contributed by atoms with Crippen molar-refractivity contribution in [3.05, 3.63) is 0 Å². The van der Waals surface area contributed by atoms with Crippen molar-refractivity contribution in [2.24, 2.45) is 11.8 Å². The number of aliphatic hydroxyl groups is 1. The van der Waals surface area contributed by atoms with Crippen molar-refractivity contribution in [1.82, 2.24) is 10.6 Å². The van der Waals surface area contributed by atoms with Crippen LogP contribution in [0.1, 0.15) is 26.2 Å². The van der Waals surface area contributed by atoms with Crippen LogP contribution in [0.2, 0.25) is 0 Å². The molecule has 0 spiro atoms. The van der Waals surface area contributed by atoms with E-state index in [4.69, 9.17) is 0 Å². The summed E-state index contributed by atoms with van der Waals surface area (Å²) in [6, 6.07) is 0. The van der Waals surface area contributed by atoms with Crippen LogP contribution in [0.25, 0.3) is 0 Å². The van der Waals surface area contributed by atoms with Gasteiger partial charge in [-0.1, -0.05) is 0 Å². The fraction of sp³-hybridized carbons (Fsp3) is 1.00. The summed E-state index contributed by atoms with van der Waals surface area (Å²) in [6.07, 6.45) is 3.81. The van der Waals surface area contributed by atoms with Gasteiger partial charge in [0.25, 0.3) is 0 Å². The van der Waals surface area contributed by atoms with Gasteiger partial charge in [0.1, 0.15) is 0 Å². The van der Waals surface area contributed by atoms with Crippen molar-refractivity contribution < 1.29 is 5.11 Å². The first-order chi connectivity index (χ1) is 6.72. The van der Waals surface area contributed by atoms with E-state index in [1.54, 1.807) is 0 Å². The SMILES string of the molecule is CC1(CO)CC(CC2CCNC2)CN1. The highest BCUT2D eigenvalue weighted by Crippen LogP contribution is 2.29. The topological polar surface area (TPSA) is 44.3 Å². The molecule has 2 rings (SSSR count). The lowest BCUT2D eigenvalue weighted by Gasteiger charge is -2.21. The first kappa shape index (κ1) is 10.4. The Labute approximate surface area is 86.3 Å². The summed E-state index contributed by atoms with van der Waals surface area (Å²) < 4.78 is 0. The molecule has 0 aromatic carbocycles. The Morgan fingerprint density at radius 2 is 2.21 bits per heavy atom. The number of hydrogen-bond acceptors (Lipinski definition) is 3. The molecule has 0 amide bonds. The van der Waals surface area contributed by atoms with Crippen molar-refractivity contribution in [3.63, 3.8) is 0 Å². The van der Waals surface area contributed by atoms with Crippen molar-refractivity contribution in [1.29, 1.82) is 0 Å². The maximum absolute atomic E-state index is 9.23. The van der Waals surface area contributed by atoms with E-state index >= 15 is 0 Å². The molecular formula is C11H22N2O. The third kappa shape index (κ3) is 2.27. The Morgan fingerprint density at radius 3 is 2.79 bits per heavy atom. The highest BCUT2D eigenvalue weighted by molar-refractivity contribution is 4.93. The molecule has 3 atom stereocenters. The number of hydrogen-bond donors (Lipinski definition) is 3. The molecule has 3 unspecified atom stereocenters. The van der Waals surface area contributed by atoms with Crippen LogP contribution < -0.4 is 10.6 Å². The van der Waals surface area contributed by atoms with E-state index in [0.29, 0.717) is 0 Å². The van der Waals surface area contributed by atoms with Gasteiger partial charge in [0.15, 0.2) is 0 Å². The van der Waals surface area contributed by atoms with Crippen LogP contribution in [0.5, 0.6) is 0 Å². The molecule has 0 bridgehead atoms. The summed E-state index contributed by atoms with van der Waals surface area (Å²) >= 11 is 0. The second-order valence-electron chi connectivity index (χ2n) is 5.26. The average Bonchev–Trinajstić information content (AvgIpc) is 2.78. The molecule has 0 saturated carbocycles. The van der Waals surface area contributed by atoms with Gasteiger partial charge in [-0.25, -0.2) is 0 Å².